The van der Waals surface area contributed by atoms with Crippen LogP contribution in [-0.4, -0.2) is 41.1 Å². The lowest BCUT2D eigenvalue weighted by atomic mass is 9.46. The van der Waals surface area contributed by atoms with Gasteiger partial charge < -0.3 is 14.6 Å². The number of rotatable bonds is 4. The lowest BCUT2D eigenvalue weighted by molar-refractivity contribution is -0.207. The largest absolute Gasteiger partial charge is 0.462 e. The zero-order chi connectivity index (χ0) is 22.6. The van der Waals surface area contributed by atoms with Gasteiger partial charge in [-0.2, -0.15) is 0 Å². The van der Waals surface area contributed by atoms with Crippen molar-refractivity contribution in [2.24, 2.45) is 28.6 Å². The summed E-state index contributed by atoms with van der Waals surface area (Å²) in [4.78, 5) is 35.3. The molecule has 3 saturated carbocycles. The molecule has 7 unspecified atom stereocenters. The Morgan fingerprint density at radius 3 is 2.45 bits per heavy atom. The van der Waals surface area contributed by atoms with Gasteiger partial charge in [0, 0.05) is 25.7 Å². The molecule has 0 spiro atoms. The first-order valence-corrected chi connectivity index (χ1v) is 11.8. The summed E-state index contributed by atoms with van der Waals surface area (Å²) in [5, 5.41) is 12.0. The third-order valence-corrected chi connectivity index (χ3v) is 9.46. The summed E-state index contributed by atoms with van der Waals surface area (Å²) in [7, 11) is 0. The fraction of sp³-hybridized carbons (Fsp3) is 0.800. The molecule has 0 radical (unpaired) electrons. The second-order valence-corrected chi connectivity index (χ2v) is 10.8. The van der Waals surface area contributed by atoms with Crippen molar-refractivity contribution in [1.29, 1.82) is 0 Å². The van der Waals surface area contributed by atoms with Crippen LogP contribution in [0.4, 0.5) is 0 Å². The Kier molecular flexibility index (Phi) is 5.60. The first-order chi connectivity index (χ1) is 14.5. The first kappa shape index (κ1) is 22.5. The predicted molar refractivity (Wildman–Crippen MR) is 114 cm³/mol. The van der Waals surface area contributed by atoms with Crippen molar-refractivity contribution in [3.8, 4) is 0 Å². The van der Waals surface area contributed by atoms with Crippen LogP contribution in [-0.2, 0) is 23.9 Å². The Bertz CT molecular complexity index is 817. The minimum Gasteiger partial charge on any atom is -0.462 e. The molecule has 0 aromatic carbocycles. The van der Waals surface area contributed by atoms with Crippen LogP contribution in [0.25, 0.3) is 0 Å². The highest BCUT2D eigenvalue weighted by molar-refractivity contribution is 5.91. The van der Waals surface area contributed by atoms with E-state index in [9.17, 15) is 19.5 Å². The maximum atomic E-state index is 12.0. The van der Waals surface area contributed by atoms with E-state index in [-0.39, 0.29) is 17.8 Å². The summed E-state index contributed by atoms with van der Waals surface area (Å²) in [6.45, 7) is 7.02. The maximum absolute atomic E-state index is 12.0. The fourth-order valence-corrected chi connectivity index (χ4v) is 7.80. The van der Waals surface area contributed by atoms with E-state index in [1.165, 1.54) is 19.4 Å². The number of hydrogen-bond donors (Lipinski definition) is 1. The lowest BCUT2D eigenvalue weighted by Crippen LogP contribution is -2.60. The molecule has 0 saturated heterocycles. The van der Waals surface area contributed by atoms with Gasteiger partial charge in [0.05, 0.1) is 0 Å². The van der Waals surface area contributed by atoms with Gasteiger partial charge >= 0.3 is 11.9 Å². The average molecular weight is 433 g/mol. The molecule has 6 nitrogen and oxygen atoms in total. The maximum Gasteiger partial charge on any atom is 0.303 e. The third kappa shape index (κ3) is 3.46. The molecule has 3 fully saturated rings. The van der Waals surface area contributed by atoms with Gasteiger partial charge in [0.25, 0.3) is 0 Å². The molecular weight excluding hydrogens is 396 g/mol. The van der Waals surface area contributed by atoms with E-state index < -0.39 is 29.1 Å². The van der Waals surface area contributed by atoms with Gasteiger partial charge in [-0.05, 0) is 74.2 Å². The monoisotopic (exact) mass is 432 g/mol. The minimum absolute atomic E-state index is 0.0753. The van der Waals surface area contributed by atoms with E-state index in [0.717, 1.165) is 38.5 Å². The van der Waals surface area contributed by atoms with Gasteiger partial charge in [-0.3, -0.25) is 14.4 Å². The number of esters is 2. The first-order valence-electron chi connectivity index (χ1n) is 11.8. The Labute approximate surface area is 184 Å². The number of fused-ring (bicyclic) bond motifs is 5. The van der Waals surface area contributed by atoms with Crippen LogP contribution in [0.5, 0.6) is 0 Å². The van der Waals surface area contributed by atoms with Crippen LogP contribution in [0.2, 0.25) is 0 Å². The van der Waals surface area contributed by atoms with Crippen molar-refractivity contribution >= 4 is 17.7 Å². The molecule has 0 aromatic rings. The summed E-state index contributed by atoms with van der Waals surface area (Å²) in [6, 6.07) is 0. The van der Waals surface area contributed by atoms with Gasteiger partial charge in [-0.25, -0.2) is 0 Å². The smallest absolute Gasteiger partial charge is 0.303 e. The second kappa shape index (κ2) is 7.72. The summed E-state index contributed by atoms with van der Waals surface area (Å²) >= 11 is 0. The molecule has 4 rings (SSSR count). The van der Waals surface area contributed by atoms with Crippen molar-refractivity contribution in [3.05, 3.63) is 11.6 Å². The van der Waals surface area contributed by atoms with Crippen molar-refractivity contribution in [3.63, 3.8) is 0 Å². The van der Waals surface area contributed by atoms with Crippen LogP contribution < -0.4 is 0 Å². The molecule has 0 heterocycles. The second-order valence-electron chi connectivity index (χ2n) is 10.8. The average Bonchev–Trinajstić information content (AvgIpc) is 2.97. The number of ether oxygens (including phenoxy) is 2. The summed E-state index contributed by atoms with van der Waals surface area (Å²) in [6.07, 6.45) is 7.84. The number of allylic oxidation sites excluding steroid dienone is 1. The van der Waals surface area contributed by atoms with Crippen molar-refractivity contribution in [2.45, 2.75) is 90.8 Å². The quantitative estimate of drug-likeness (QED) is 0.681. The molecule has 6 heteroatoms. The van der Waals surface area contributed by atoms with Crippen molar-refractivity contribution in [1.82, 2.24) is 0 Å². The summed E-state index contributed by atoms with van der Waals surface area (Å²) in [5.41, 5.74) is -0.222. The molecule has 1 N–H and O–H groups in total. The van der Waals surface area contributed by atoms with Crippen molar-refractivity contribution in [2.75, 3.05) is 6.61 Å². The normalized spacial score (nSPS) is 42.5. The van der Waals surface area contributed by atoms with Gasteiger partial charge in [-0.15, -0.1) is 0 Å². The number of hydrogen-bond acceptors (Lipinski definition) is 6. The molecule has 0 bridgehead atoms. The fourth-order valence-electron chi connectivity index (χ4n) is 7.80. The third-order valence-electron chi connectivity index (χ3n) is 9.46. The van der Waals surface area contributed by atoms with E-state index in [0.29, 0.717) is 30.6 Å². The highest BCUT2D eigenvalue weighted by Crippen LogP contribution is 2.68. The SMILES string of the molecule is CC(=O)OCC(OC(C)=O)C1(O)CCC2C3CCC4=CC(=O)CCC4(C)C3CCC21C. The van der Waals surface area contributed by atoms with Crippen LogP contribution in [0.15, 0.2) is 11.6 Å². The van der Waals surface area contributed by atoms with Crippen LogP contribution in [0, 0.1) is 28.6 Å². The standard InChI is InChI=1S/C25H36O6/c1-15(26)30-14-22(31-16(2)27)25(29)12-9-21-19-6-5-17-13-18(28)7-10-23(17,3)20(19)8-11-24(21,25)4/h13,19-22,29H,5-12,14H2,1-4H3. The Morgan fingerprint density at radius 1 is 1.06 bits per heavy atom. The van der Waals surface area contributed by atoms with E-state index in [1.54, 1.807) is 0 Å². The molecule has 0 aliphatic heterocycles. The van der Waals surface area contributed by atoms with Crippen LogP contribution in [0.1, 0.15) is 79.1 Å². The number of carbonyl (C=O) groups excluding carboxylic acids is 3. The zero-order valence-corrected chi connectivity index (χ0v) is 19.2. The highest BCUT2D eigenvalue weighted by Gasteiger charge is 2.66. The van der Waals surface area contributed by atoms with Gasteiger partial charge in [-0.1, -0.05) is 19.4 Å². The number of aliphatic hydroxyl groups is 1. The van der Waals surface area contributed by atoms with Crippen LogP contribution >= 0.6 is 0 Å². The molecule has 31 heavy (non-hydrogen) atoms. The van der Waals surface area contributed by atoms with Gasteiger partial charge in [0.15, 0.2) is 11.9 Å². The van der Waals surface area contributed by atoms with Gasteiger partial charge in [0.1, 0.15) is 12.2 Å². The zero-order valence-electron chi connectivity index (χ0n) is 19.2. The molecule has 7 atom stereocenters. The Morgan fingerprint density at radius 2 is 1.77 bits per heavy atom. The molecule has 4 aliphatic rings. The van der Waals surface area contributed by atoms with Gasteiger partial charge in [0.2, 0.25) is 0 Å². The minimum atomic E-state index is -1.22. The van der Waals surface area contributed by atoms with E-state index in [2.05, 4.69) is 13.8 Å². The highest BCUT2D eigenvalue weighted by atomic mass is 16.6. The van der Waals surface area contributed by atoms with E-state index in [1.807, 2.05) is 6.08 Å². The molecule has 0 amide bonds. The van der Waals surface area contributed by atoms with E-state index in [4.69, 9.17) is 9.47 Å². The van der Waals surface area contributed by atoms with Crippen molar-refractivity contribution < 1.29 is 29.0 Å². The summed E-state index contributed by atoms with van der Waals surface area (Å²) in [5.74, 6) is 0.657. The predicted octanol–water partition coefficient (Wildman–Crippen LogP) is 3.74. The van der Waals surface area contributed by atoms with E-state index >= 15 is 0 Å². The molecule has 0 aromatic heterocycles. The summed E-state index contributed by atoms with van der Waals surface area (Å²) < 4.78 is 10.7. The molecule has 4 aliphatic carbocycles. The molecular formula is C25H36O6. The Balaban J connectivity index is 1.63. The number of ketones is 1. The van der Waals surface area contributed by atoms with Crippen LogP contribution in [0.3, 0.4) is 0 Å². The number of carbonyl (C=O) groups is 3. The topological polar surface area (TPSA) is 89.9 Å². The Hall–Kier alpha value is -1.69. The molecule has 172 valence electrons. The lowest BCUT2D eigenvalue weighted by Gasteiger charge is -2.59.